The summed E-state index contributed by atoms with van der Waals surface area (Å²) in [6, 6.07) is 5.50. The van der Waals surface area contributed by atoms with Crippen molar-refractivity contribution in [2.45, 2.75) is 18.0 Å². The number of carbonyl (C=O) groups excluding carboxylic acids is 1. The SMILES string of the molecule is CSc1ccc(C)c(C(=O)NCCOCC(F)(F)F)c1. The molecule has 7 heteroatoms. The van der Waals surface area contributed by atoms with Crippen LogP contribution in [0.15, 0.2) is 23.1 Å². The number of ether oxygens (including phenoxy) is 1. The smallest absolute Gasteiger partial charge is 0.370 e. The third-order valence-corrected chi connectivity index (χ3v) is 3.21. The number of rotatable bonds is 6. The lowest BCUT2D eigenvalue weighted by atomic mass is 10.1. The Bertz CT molecular complexity index is 463. The number of benzene rings is 1. The molecule has 3 nitrogen and oxygen atoms in total. The van der Waals surface area contributed by atoms with Gasteiger partial charge < -0.3 is 10.1 Å². The summed E-state index contributed by atoms with van der Waals surface area (Å²) in [5.41, 5.74) is 1.34. The van der Waals surface area contributed by atoms with Gasteiger partial charge in [-0.2, -0.15) is 13.2 Å². The first-order valence-electron chi connectivity index (χ1n) is 5.91. The molecule has 0 bridgehead atoms. The van der Waals surface area contributed by atoms with Crippen molar-refractivity contribution in [3.8, 4) is 0 Å². The molecule has 1 aromatic rings. The fourth-order valence-electron chi connectivity index (χ4n) is 1.49. The van der Waals surface area contributed by atoms with Gasteiger partial charge in [-0.3, -0.25) is 4.79 Å². The number of hydrogen-bond donors (Lipinski definition) is 1. The molecule has 112 valence electrons. The zero-order valence-electron chi connectivity index (χ0n) is 11.2. The average Bonchev–Trinajstić information content (AvgIpc) is 2.37. The van der Waals surface area contributed by atoms with Crippen LogP contribution in [0.4, 0.5) is 13.2 Å². The summed E-state index contributed by atoms with van der Waals surface area (Å²) in [6.45, 7) is 0.368. The van der Waals surface area contributed by atoms with Crippen LogP contribution >= 0.6 is 11.8 Å². The maximum Gasteiger partial charge on any atom is 0.411 e. The van der Waals surface area contributed by atoms with Crippen molar-refractivity contribution >= 4 is 17.7 Å². The van der Waals surface area contributed by atoms with E-state index in [-0.39, 0.29) is 19.1 Å². The Morgan fingerprint density at radius 1 is 1.40 bits per heavy atom. The topological polar surface area (TPSA) is 38.3 Å². The highest BCUT2D eigenvalue weighted by Gasteiger charge is 2.27. The molecular formula is C13H16F3NO2S. The minimum atomic E-state index is -4.34. The van der Waals surface area contributed by atoms with E-state index in [2.05, 4.69) is 10.1 Å². The monoisotopic (exact) mass is 307 g/mol. The lowest BCUT2D eigenvalue weighted by Gasteiger charge is -2.10. The predicted octanol–water partition coefficient (Wildman–Crippen LogP) is 3.03. The van der Waals surface area contributed by atoms with E-state index in [1.54, 1.807) is 13.0 Å². The van der Waals surface area contributed by atoms with E-state index in [0.29, 0.717) is 5.56 Å². The lowest BCUT2D eigenvalue weighted by molar-refractivity contribution is -0.173. The minimum Gasteiger partial charge on any atom is -0.370 e. The molecule has 0 aliphatic heterocycles. The van der Waals surface area contributed by atoms with Crippen molar-refractivity contribution < 1.29 is 22.7 Å². The summed E-state index contributed by atoms with van der Waals surface area (Å²) in [4.78, 5) is 12.8. The highest BCUT2D eigenvalue weighted by atomic mass is 32.2. The van der Waals surface area contributed by atoms with Crippen molar-refractivity contribution in [1.82, 2.24) is 5.32 Å². The zero-order valence-corrected chi connectivity index (χ0v) is 12.0. The van der Waals surface area contributed by atoms with Gasteiger partial charge >= 0.3 is 6.18 Å². The van der Waals surface area contributed by atoms with Crippen LogP contribution in [0.3, 0.4) is 0 Å². The largest absolute Gasteiger partial charge is 0.411 e. The first-order chi connectivity index (χ1) is 9.33. The molecule has 0 aromatic heterocycles. The molecule has 0 saturated heterocycles. The van der Waals surface area contributed by atoms with Gasteiger partial charge in [-0.25, -0.2) is 0 Å². The van der Waals surface area contributed by atoms with E-state index in [1.807, 2.05) is 18.4 Å². The number of carbonyl (C=O) groups is 1. The number of thioether (sulfide) groups is 1. The van der Waals surface area contributed by atoms with Gasteiger partial charge in [0.05, 0.1) is 6.61 Å². The lowest BCUT2D eigenvalue weighted by Crippen LogP contribution is -2.29. The third kappa shape index (κ3) is 5.83. The minimum absolute atomic E-state index is 0.0395. The number of nitrogens with one attached hydrogen (secondary N) is 1. The summed E-state index contributed by atoms with van der Waals surface area (Å²) in [6.07, 6.45) is -2.44. The summed E-state index contributed by atoms with van der Waals surface area (Å²) >= 11 is 1.51. The van der Waals surface area contributed by atoms with Crippen LogP contribution in [-0.4, -0.2) is 38.1 Å². The predicted molar refractivity (Wildman–Crippen MR) is 72.2 cm³/mol. The van der Waals surface area contributed by atoms with Gasteiger partial charge in [0, 0.05) is 17.0 Å². The average molecular weight is 307 g/mol. The maximum absolute atomic E-state index is 11.9. The first kappa shape index (κ1) is 16.8. The molecule has 20 heavy (non-hydrogen) atoms. The van der Waals surface area contributed by atoms with Crippen LogP contribution in [0.25, 0.3) is 0 Å². The fraction of sp³-hybridized carbons (Fsp3) is 0.462. The van der Waals surface area contributed by atoms with Gasteiger partial charge in [0.1, 0.15) is 6.61 Å². The fourth-order valence-corrected chi connectivity index (χ4v) is 1.93. The van der Waals surface area contributed by atoms with Crippen molar-refractivity contribution in [3.63, 3.8) is 0 Å². The second-order valence-electron chi connectivity index (χ2n) is 4.10. The summed E-state index contributed by atoms with van der Waals surface area (Å²) in [5.74, 6) is -0.311. The van der Waals surface area contributed by atoms with Crippen LogP contribution in [-0.2, 0) is 4.74 Å². The highest BCUT2D eigenvalue weighted by molar-refractivity contribution is 7.98. The van der Waals surface area contributed by atoms with Gasteiger partial charge in [0.15, 0.2) is 0 Å². The number of aryl methyl sites for hydroxylation is 1. The zero-order chi connectivity index (χ0) is 15.2. The van der Waals surface area contributed by atoms with E-state index < -0.39 is 12.8 Å². The van der Waals surface area contributed by atoms with Gasteiger partial charge in [0.2, 0.25) is 0 Å². The van der Waals surface area contributed by atoms with Gasteiger partial charge in [0.25, 0.3) is 5.91 Å². The van der Waals surface area contributed by atoms with E-state index in [4.69, 9.17) is 0 Å². The number of alkyl halides is 3. The second-order valence-corrected chi connectivity index (χ2v) is 4.98. The molecule has 1 N–H and O–H groups in total. The van der Waals surface area contributed by atoms with E-state index in [1.165, 1.54) is 11.8 Å². The van der Waals surface area contributed by atoms with Crippen LogP contribution in [0, 0.1) is 6.92 Å². The molecule has 0 saturated carbocycles. The second kappa shape index (κ2) is 7.54. The van der Waals surface area contributed by atoms with Crippen molar-refractivity contribution in [1.29, 1.82) is 0 Å². The molecule has 0 atom stereocenters. The molecule has 0 spiro atoms. The molecule has 0 fully saturated rings. The summed E-state index contributed by atoms with van der Waals surface area (Å²) in [7, 11) is 0. The van der Waals surface area contributed by atoms with Gasteiger partial charge in [-0.1, -0.05) is 6.07 Å². The van der Waals surface area contributed by atoms with Gasteiger partial charge in [-0.15, -0.1) is 11.8 Å². The quantitative estimate of drug-likeness (QED) is 0.648. The van der Waals surface area contributed by atoms with Crippen LogP contribution in [0.1, 0.15) is 15.9 Å². The van der Waals surface area contributed by atoms with Gasteiger partial charge in [-0.05, 0) is 30.9 Å². The first-order valence-corrected chi connectivity index (χ1v) is 7.13. The maximum atomic E-state index is 11.9. The van der Waals surface area contributed by atoms with Crippen molar-refractivity contribution in [2.75, 3.05) is 26.0 Å². The molecule has 0 heterocycles. The Morgan fingerprint density at radius 3 is 2.70 bits per heavy atom. The highest BCUT2D eigenvalue weighted by Crippen LogP contribution is 2.19. The number of hydrogen-bond acceptors (Lipinski definition) is 3. The van der Waals surface area contributed by atoms with E-state index in [0.717, 1.165) is 10.5 Å². The normalized spacial score (nSPS) is 11.4. The van der Waals surface area contributed by atoms with E-state index in [9.17, 15) is 18.0 Å². The molecule has 1 rings (SSSR count). The molecule has 0 aliphatic rings. The number of amides is 1. The number of halogens is 3. The molecule has 1 aromatic carbocycles. The molecule has 0 radical (unpaired) electrons. The molecular weight excluding hydrogens is 291 g/mol. The van der Waals surface area contributed by atoms with Crippen molar-refractivity contribution in [2.24, 2.45) is 0 Å². The van der Waals surface area contributed by atoms with Crippen LogP contribution in [0.2, 0.25) is 0 Å². The summed E-state index contributed by atoms with van der Waals surface area (Å²) in [5, 5.41) is 2.54. The Hall–Kier alpha value is -1.21. The summed E-state index contributed by atoms with van der Waals surface area (Å²) < 4.78 is 39.9. The Morgan fingerprint density at radius 2 is 2.10 bits per heavy atom. The van der Waals surface area contributed by atoms with Crippen molar-refractivity contribution in [3.05, 3.63) is 29.3 Å². The molecule has 0 unspecified atom stereocenters. The van der Waals surface area contributed by atoms with Crippen LogP contribution in [0.5, 0.6) is 0 Å². The Kier molecular flexibility index (Phi) is 6.35. The standard InChI is InChI=1S/C13H16F3NO2S/c1-9-3-4-10(20-2)7-11(9)12(18)17-5-6-19-8-13(14,15)16/h3-4,7H,5-6,8H2,1-2H3,(H,17,18). The van der Waals surface area contributed by atoms with Crippen LogP contribution < -0.4 is 5.32 Å². The molecule has 1 amide bonds. The Balaban J connectivity index is 2.43. The molecule has 0 aliphatic carbocycles. The Labute approximate surface area is 119 Å². The van der Waals surface area contributed by atoms with E-state index >= 15 is 0 Å². The third-order valence-electron chi connectivity index (χ3n) is 2.49.